The van der Waals surface area contributed by atoms with E-state index in [9.17, 15) is 0 Å². The highest BCUT2D eigenvalue weighted by Crippen LogP contribution is 2.33. The summed E-state index contributed by atoms with van der Waals surface area (Å²) >= 11 is 3.51. The molecule has 0 aromatic heterocycles. The number of rotatable bonds is 3. The highest BCUT2D eigenvalue weighted by Gasteiger charge is 2.19. The first-order valence-corrected chi connectivity index (χ1v) is 6.53. The van der Waals surface area contributed by atoms with Crippen LogP contribution in [-0.2, 0) is 5.41 Å². The lowest BCUT2D eigenvalue weighted by atomic mass is 9.86. The van der Waals surface area contributed by atoms with Gasteiger partial charge in [-0.1, -0.05) is 50.5 Å². The van der Waals surface area contributed by atoms with Gasteiger partial charge in [0.15, 0.2) is 0 Å². The predicted molar refractivity (Wildman–Crippen MR) is 73.2 cm³/mol. The summed E-state index contributed by atoms with van der Waals surface area (Å²) in [5, 5.41) is 0. The average molecular weight is 285 g/mol. The number of hydrogen-bond acceptors (Lipinski definition) is 1. The second kappa shape index (κ2) is 5.22. The van der Waals surface area contributed by atoms with Crippen LogP contribution in [0.2, 0.25) is 0 Å². The van der Waals surface area contributed by atoms with Crippen molar-refractivity contribution < 1.29 is 4.74 Å². The Balaban J connectivity index is 2.99. The molecule has 0 spiro atoms. The van der Waals surface area contributed by atoms with Crippen LogP contribution in [0.15, 0.2) is 22.7 Å². The molecule has 0 aliphatic carbocycles. The van der Waals surface area contributed by atoms with Crippen LogP contribution in [0.4, 0.5) is 0 Å². The van der Waals surface area contributed by atoms with E-state index in [0.717, 1.165) is 16.8 Å². The molecular formula is C14H21BrO. The maximum Gasteiger partial charge on any atom is 0.123 e. The van der Waals surface area contributed by atoms with Gasteiger partial charge in [0.1, 0.15) is 5.75 Å². The Bertz CT molecular complexity index is 350. The molecule has 1 aromatic rings. The number of halogens is 1. The highest BCUT2D eigenvalue weighted by molar-refractivity contribution is 9.10. The van der Waals surface area contributed by atoms with E-state index in [0.29, 0.717) is 5.92 Å². The molecule has 0 bridgehead atoms. The lowest BCUT2D eigenvalue weighted by Crippen LogP contribution is -2.15. The Labute approximate surface area is 107 Å². The molecule has 16 heavy (non-hydrogen) atoms. The fraction of sp³-hybridized carbons (Fsp3) is 0.571. The van der Waals surface area contributed by atoms with Gasteiger partial charge in [-0.3, -0.25) is 0 Å². The van der Waals surface area contributed by atoms with Gasteiger partial charge in [-0.25, -0.2) is 0 Å². The Hall–Kier alpha value is -0.500. The van der Waals surface area contributed by atoms with E-state index in [4.69, 9.17) is 4.74 Å². The van der Waals surface area contributed by atoms with Gasteiger partial charge >= 0.3 is 0 Å². The van der Waals surface area contributed by atoms with Gasteiger partial charge in [-0.05, 0) is 29.5 Å². The van der Waals surface area contributed by atoms with Crippen molar-refractivity contribution >= 4 is 15.9 Å². The highest BCUT2D eigenvalue weighted by atomic mass is 79.9. The van der Waals surface area contributed by atoms with Crippen molar-refractivity contribution in [3.05, 3.63) is 28.2 Å². The summed E-state index contributed by atoms with van der Waals surface area (Å²) in [6.07, 6.45) is 0. The second-order valence-corrected chi connectivity index (χ2v) is 6.51. The molecule has 2 heteroatoms. The molecule has 1 aromatic carbocycles. The fourth-order valence-corrected chi connectivity index (χ4v) is 1.83. The Morgan fingerprint density at radius 3 is 2.38 bits per heavy atom. The van der Waals surface area contributed by atoms with Crippen LogP contribution in [0.3, 0.4) is 0 Å². The quantitative estimate of drug-likeness (QED) is 0.776. The second-order valence-electron chi connectivity index (χ2n) is 5.60. The van der Waals surface area contributed by atoms with Crippen LogP contribution in [0, 0.1) is 5.92 Å². The molecular weight excluding hydrogens is 264 g/mol. The van der Waals surface area contributed by atoms with Crippen LogP contribution in [0.1, 0.15) is 40.2 Å². The minimum absolute atomic E-state index is 0.107. The summed E-state index contributed by atoms with van der Waals surface area (Å²) in [4.78, 5) is 0. The molecule has 0 amide bonds. The Kier molecular flexibility index (Phi) is 4.43. The van der Waals surface area contributed by atoms with E-state index in [2.05, 4.69) is 56.6 Å². The van der Waals surface area contributed by atoms with Gasteiger partial charge in [0.05, 0.1) is 6.61 Å². The molecule has 1 nitrogen and oxygen atoms in total. The SMILES string of the molecule is CC(C)COc1ccc(Br)cc1C(C)(C)C. The monoisotopic (exact) mass is 284 g/mol. The van der Waals surface area contributed by atoms with Crippen molar-refractivity contribution in [3.63, 3.8) is 0 Å². The summed E-state index contributed by atoms with van der Waals surface area (Å²) in [7, 11) is 0. The van der Waals surface area contributed by atoms with Crippen LogP contribution < -0.4 is 4.74 Å². The molecule has 0 aliphatic rings. The number of hydrogen-bond donors (Lipinski definition) is 0. The first-order valence-electron chi connectivity index (χ1n) is 5.73. The van der Waals surface area contributed by atoms with E-state index in [1.807, 2.05) is 12.1 Å². The maximum atomic E-state index is 5.86. The third-order valence-electron chi connectivity index (χ3n) is 2.32. The minimum Gasteiger partial charge on any atom is -0.493 e. The van der Waals surface area contributed by atoms with E-state index in [1.165, 1.54) is 5.56 Å². The molecule has 1 rings (SSSR count). The van der Waals surface area contributed by atoms with Crippen molar-refractivity contribution in [2.45, 2.75) is 40.0 Å². The van der Waals surface area contributed by atoms with Crippen molar-refractivity contribution in [1.29, 1.82) is 0 Å². The van der Waals surface area contributed by atoms with E-state index < -0.39 is 0 Å². The van der Waals surface area contributed by atoms with Crippen LogP contribution in [-0.4, -0.2) is 6.61 Å². The largest absolute Gasteiger partial charge is 0.493 e. The molecule has 0 saturated carbocycles. The average Bonchev–Trinajstić information content (AvgIpc) is 2.14. The first kappa shape index (κ1) is 13.6. The third-order valence-corrected chi connectivity index (χ3v) is 2.82. The van der Waals surface area contributed by atoms with E-state index >= 15 is 0 Å². The van der Waals surface area contributed by atoms with Gasteiger partial charge < -0.3 is 4.74 Å². The maximum absolute atomic E-state index is 5.86. The smallest absolute Gasteiger partial charge is 0.123 e. The van der Waals surface area contributed by atoms with Crippen LogP contribution >= 0.6 is 15.9 Å². The van der Waals surface area contributed by atoms with Gasteiger partial charge in [-0.2, -0.15) is 0 Å². The summed E-state index contributed by atoms with van der Waals surface area (Å²) in [6, 6.07) is 6.23. The molecule has 0 aliphatic heterocycles. The lowest BCUT2D eigenvalue weighted by molar-refractivity contribution is 0.265. The van der Waals surface area contributed by atoms with Crippen molar-refractivity contribution in [3.8, 4) is 5.75 Å². The predicted octanol–water partition coefficient (Wildman–Crippen LogP) is 4.78. The third kappa shape index (κ3) is 3.82. The summed E-state index contributed by atoms with van der Waals surface area (Å²) in [6.45, 7) is 11.7. The standard InChI is InChI=1S/C14H21BrO/c1-10(2)9-16-13-7-6-11(15)8-12(13)14(3,4)5/h6-8,10H,9H2,1-5H3. The molecule has 0 N–H and O–H groups in total. The zero-order chi connectivity index (χ0) is 12.3. The zero-order valence-corrected chi connectivity index (χ0v) is 12.4. The van der Waals surface area contributed by atoms with Gasteiger partial charge in [0.2, 0.25) is 0 Å². The van der Waals surface area contributed by atoms with Gasteiger partial charge in [0, 0.05) is 10.0 Å². The van der Waals surface area contributed by atoms with Crippen molar-refractivity contribution in [2.24, 2.45) is 5.92 Å². The van der Waals surface area contributed by atoms with Crippen molar-refractivity contribution in [1.82, 2.24) is 0 Å². The number of ether oxygens (including phenoxy) is 1. The normalized spacial score (nSPS) is 11.9. The summed E-state index contributed by atoms with van der Waals surface area (Å²) in [5.74, 6) is 1.56. The molecule has 0 atom stereocenters. The molecule has 0 heterocycles. The fourth-order valence-electron chi connectivity index (χ4n) is 1.47. The first-order chi connectivity index (χ1) is 7.30. The molecule has 0 unspecified atom stereocenters. The molecule has 0 fully saturated rings. The van der Waals surface area contributed by atoms with E-state index in [-0.39, 0.29) is 5.41 Å². The molecule has 90 valence electrons. The van der Waals surface area contributed by atoms with Gasteiger partial charge in [0.25, 0.3) is 0 Å². The lowest BCUT2D eigenvalue weighted by Gasteiger charge is -2.23. The van der Waals surface area contributed by atoms with Crippen molar-refractivity contribution in [2.75, 3.05) is 6.61 Å². The zero-order valence-electron chi connectivity index (χ0n) is 10.8. The molecule has 0 saturated heterocycles. The summed E-state index contributed by atoms with van der Waals surface area (Å²) in [5.41, 5.74) is 1.36. The van der Waals surface area contributed by atoms with Gasteiger partial charge in [-0.15, -0.1) is 0 Å². The molecule has 0 radical (unpaired) electrons. The summed E-state index contributed by atoms with van der Waals surface area (Å²) < 4.78 is 6.97. The Morgan fingerprint density at radius 1 is 1.25 bits per heavy atom. The number of benzene rings is 1. The van der Waals surface area contributed by atoms with Crippen LogP contribution in [0.25, 0.3) is 0 Å². The van der Waals surface area contributed by atoms with Crippen LogP contribution in [0.5, 0.6) is 5.75 Å². The topological polar surface area (TPSA) is 9.23 Å². The van der Waals surface area contributed by atoms with E-state index in [1.54, 1.807) is 0 Å². The minimum atomic E-state index is 0.107. The Morgan fingerprint density at radius 2 is 1.88 bits per heavy atom.